The number of aromatic nitrogens is 2. The van der Waals surface area contributed by atoms with Crippen LogP contribution in [0.25, 0.3) is 11.0 Å². The zero-order chi connectivity index (χ0) is 13.2. The minimum absolute atomic E-state index is 0.480. The second-order valence-corrected chi connectivity index (χ2v) is 5.45. The smallest absolute Gasteiger partial charge is 0.124 e. The van der Waals surface area contributed by atoms with Crippen molar-refractivity contribution in [1.29, 1.82) is 0 Å². The molecule has 0 aliphatic carbocycles. The van der Waals surface area contributed by atoms with Gasteiger partial charge in [0, 0.05) is 12.6 Å². The van der Waals surface area contributed by atoms with Crippen molar-refractivity contribution >= 4 is 22.6 Å². The van der Waals surface area contributed by atoms with E-state index < -0.39 is 0 Å². The Bertz CT molecular complexity index is 564. The first-order valence-corrected chi connectivity index (χ1v) is 7.61. The maximum atomic E-state index is 6.06. The van der Waals surface area contributed by atoms with Crippen LogP contribution in [0.1, 0.15) is 25.6 Å². The summed E-state index contributed by atoms with van der Waals surface area (Å²) in [6.07, 6.45) is 2.59. The van der Waals surface area contributed by atoms with E-state index in [1.807, 2.05) is 6.07 Å². The van der Waals surface area contributed by atoms with E-state index in [-0.39, 0.29) is 0 Å². The lowest BCUT2D eigenvalue weighted by Crippen LogP contribution is -2.33. The van der Waals surface area contributed by atoms with Crippen LogP contribution >= 0.6 is 11.6 Å². The number of benzene rings is 1. The van der Waals surface area contributed by atoms with Gasteiger partial charge in [0.2, 0.25) is 0 Å². The van der Waals surface area contributed by atoms with Crippen molar-refractivity contribution in [3.05, 3.63) is 30.1 Å². The summed E-state index contributed by atoms with van der Waals surface area (Å²) in [6.45, 7) is 5.61. The van der Waals surface area contributed by atoms with Crippen LogP contribution in [-0.2, 0) is 12.4 Å². The number of nitrogens with zero attached hydrogens (tertiary/aromatic N) is 3. The molecule has 1 aromatic heterocycles. The van der Waals surface area contributed by atoms with Crippen molar-refractivity contribution in [2.75, 3.05) is 13.1 Å². The Morgan fingerprint density at radius 3 is 3.00 bits per heavy atom. The van der Waals surface area contributed by atoms with Crippen LogP contribution in [0.3, 0.4) is 0 Å². The minimum atomic E-state index is 0.480. The van der Waals surface area contributed by atoms with Crippen LogP contribution in [0.15, 0.2) is 24.3 Å². The Labute approximate surface area is 119 Å². The second-order valence-electron chi connectivity index (χ2n) is 5.19. The fraction of sp³-hybridized carbons (Fsp3) is 0.533. The van der Waals surface area contributed by atoms with E-state index in [0.29, 0.717) is 11.9 Å². The van der Waals surface area contributed by atoms with E-state index >= 15 is 0 Å². The topological polar surface area (TPSA) is 21.1 Å². The number of likely N-dealkylation sites (tertiary alicyclic amines) is 1. The van der Waals surface area contributed by atoms with Crippen LogP contribution < -0.4 is 0 Å². The lowest BCUT2D eigenvalue weighted by Gasteiger charge is -2.24. The molecule has 1 aliphatic heterocycles. The highest BCUT2D eigenvalue weighted by Gasteiger charge is 2.24. The fourth-order valence-electron chi connectivity index (χ4n) is 3.16. The molecule has 0 amide bonds. The molecule has 0 radical (unpaired) electrons. The maximum Gasteiger partial charge on any atom is 0.124 e. The number of rotatable bonds is 4. The summed E-state index contributed by atoms with van der Waals surface area (Å²) in [5.41, 5.74) is 2.26. The average molecular weight is 278 g/mol. The van der Waals surface area contributed by atoms with E-state index in [9.17, 15) is 0 Å². The van der Waals surface area contributed by atoms with E-state index in [0.717, 1.165) is 24.4 Å². The van der Waals surface area contributed by atoms with Crippen LogP contribution in [0.5, 0.6) is 0 Å². The molecule has 2 heterocycles. The van der Waals surface area contributed by atoms with E-state index in [1.165, 1.54) is 24.9 Å². The summed E-state index contributed by atoms with van der Waals surface area (Å²) in [5.74, 6) is 1.47. The second kappa shape index (κ2) is 5.51. The predicted octanol–water partition coefficient (Wildman–Crippen LogP) is 3.26. The third kappa shape index (κ3) is 2.37. The molecule has 2 aromatic rings. The molecule has 19 heavy (non-hydrogen) atoms. The highest BCUT2D eigenvalue weighted by Crippen LogP contribution is 2.23. The Kier molecular flexibility index (Phi) is 3.76. The van der Waals surface area contributed by atoms with Crippen LogP contribution in [0.2, 0.25) is 0 Å². The minimum Gasteiger partial charge on any atom is -0.325 e. The third-order valence-electron chi connectivity index (χ3n) is 4.15. The number of fused-ring (bicyclic) bond motifs is 1. The van der Waals surface area contributed by atoms with Gasteiger partial charge in [0.1, 0.15) is 5.82 Å². The highest BCUT2D eigenvalue weighted by molar-refractivity contribution is 6.16. The molecule has 3 nitrogen and oxygen atoms in total. The molecule has 1 aliphatic rings. The average Bonchev–Trinajstić information content (AvgIpc) is 3.04. The van der Waals surface area contributed by atoms with Gasteiger partial charge in [0.25, 0.3) is 0 Å². The number of alkyl halides is 1. The van der Waals surface area contributed by atoms with E-state index in [1.54, 1.807) is 0 Å². The monoisotopic (exact) mass is 277 g/mol. The molecule has 0 saturated carbocycles. The first kappa shape index (κ1) is 12.9. The molecule has 1 unspecified atom stereocenters. The van der Waals surface area contributed by atoms with Gasteiger partial charge in [-0.15, -0.1) is 11.6 Å². The van der Waals surface area contributed by atoms with E-state index in [4.69, 9.17) is 11.6 Å². The largest absolute Gasteiger partial charge is 0.325 e. The third-order valence-corrected chi connectivity index (χ3v) is 4.39. The molecule has 0 bridgehead atoms. The summed E-state index contributed by atoms with van der Waals surface area (Å²) in [7, 11) is 0. The molecular weight excluding hydrogens is 258 g/mol. The zero-order valence-electron chi connectivity index (χ0n) is 11.3. The van der Waals surface area contributed by atoms with Crippen LogP contribution in [-0.4, -0.2) is 33.6 Å². The summed E-state index contributed by atoms with van der Waals surface area (Å²) in [4.78, 5) is 7.20. The van der Waals surface area contributed by atoms with Gasteiger partial charge in [-0.2, -0.15) is 0 Å². The molecule has 3 rings (SSSR count). The quantitative estimate of drug-likeness (QED) is 0.800. The SMILES string of the molecule is CCN1CCCC1Cn1c(CCl)nc2ccccc21. The van der Waals surface area contributed by atoms with Gasteiger partial charge >= 0.3 is 0 Å². The highest BCUT2D eigenvalue weighted by atomic mass is 35.5. The Balaban J connectivity index is 1.95. The normalized spacial score (nSPS) is 20.4. The van der Waals surface area contributed by atoms with Crippen molar-refractivity contribution in [2.45, 2.75) is 38.2 Å². The zero-order valence-corrected chi connectivity index (χ0v) is 12.1. The van der Waals surface area contributed by atoms with Crippen molar-refractivity contribution in [2.24, 2.45) is 0 Å². The van der Waals surface area contributed by atoms with Gasteiger partial charge in [-0.25, -0.2) is 4.98 Å². The van der Waals surface area contributed by atoms with Crippen LogP contribution in [0.4, 0.5) is 0 Å². The molecule has 1 fully saturated rings. The molecule has 1 aromatic carbocycles. The molecule has 1 saturated heterocycles. The number of likely N-dealkylation sites (N-methyl/N-ethyl adjacent to an activating group) is 1. The van der Waals surface area contributed by atoms with Gasteiger partial charge < -0.3 is 4.57 Å². The number of imidazole rings is 1. The summed E-state index contributed by atoms with van der Waals surface area (Å²) < 4.78 is 2.31. The first-order chi connectivity index (χ1) is 9.33. The molecule has 4 heteroatoms. The fourth-order valence-corrected chi connectivity index (χ4v) is 3.36. The predicted molar refractivity (Wildman–Crippen MR) is 79.6 cm³/mol. The van der Waals surface area contributed by atoms with Crippen molar-refractivity contribution < 1.29 is 0 Å². The number of para-hydroxylation sites is 2. The maximum absolute atomic E-state index is 6.06. The molecule has 0 N–H and O–H groups in total. The van der Waals surface area contributed by atoms with Gasteiger partial charge in [-0.1, -0.05) is 19.1 Å². The van der Waals surface area contributed by atoms with Crippen molar-refractivity contribution in [3.63, 3.8) is 0 Å². The number of halogens is 1. The molecular formula is C15H20ClN3. The first-order valence-electron chi connectivity index (χ1n) is 7.07. The molecule has 102 valence electrons. The lowest BCUT2D eigenvalue weighted by molar-refractivity contribution is 0.245. The van der Waals surface area contributed by atoms with Gasteiger partial charge in [-0.3, -0.25) is 4.90 Å². The van der Waals surface area contributed by atoms with Gasteiger partial charge in [0.05, 0.1) is 16.9 Å². The number of hydrogen-bond acceptors (Lipinski definition) is 2. The Morgan fingerprint density at radius 2 is 2.21 bits per heavy atom. The number of hydrogen-bond donors (Lipinski definition) is 0. The van der Waals surface area contributed by atoms with Gasteiger partial charge in [-0.05, 0) is 38.1 Å². The summed E-state index contributed by atoms with van der Waals surface area (Å²) >= 11 is 6.06. The standard InChI is InChI=1S/C15H20ClN3/c1-2-18-9-5-6-12(18)11-19-14-8-4-3-7-13(14)17-15(19)10-16/h3-4,7-8,12H,2,5-6,9-11H2,1H3. The van der Waals surface area contributed by atoms with Crippen molar-refractivity contribution in [3.8, 4) is 0 Å². The van der Waals surface area contributed by atoms with Crippen LogP contribution in [0, 0.1) is 0 Å². The molecule has 0 spiro atoms. The summed E-state index contributed by atoms with van der Waals surface area (Å²) in [5, 5.41) is 0. The summed E-state index contributed by atoms with van der Waals surface area (Å²) in [6, 6.07) is 8.94. The molecule has 1 atom stereocenters. The van der Waals surface area contributed by atoms with E-state index in [2.05, 4.69) is 39.6 Å². The lowest BCUT2D eigenvalue weighted by atomic mass is 10.2. The van der Waals surface area contributed by atoms with Crippen molar-refractivity contribution in [1.82, 2.24) is 14.5 Å². The van der Waals surface area contributed by atoms with Gasteiger partial charge in [0.15, 0.2) is 0 Å². The Hall–Kier alpha value is -1.06. The Morgan fingerprint density at radius 1 is 1.37 bits per heavy atom.